The average molecular weight is 334 g/mol. The fraction of sp³-hybridized carbons (Fsp3) is 0.100. The van der Waals surface area contributed by atoms with Gasteiger partial charge in [-0.2, -0.15) is 0 Å². The van der Waals surface area contributed by atoms with Gasteiger partial charge in [0, 0.05) is 5.69 Å². The number of phenolic OH excluding ortho intramolecular Hbond substituents is 1. The van der Waals surface area contributed by atoms with Crippen molar-refractivity contribution in [3.8, 4) is 5.75 Å². The van der Waals surface area contributed by atoms with Gasteiger partial charge in [-0.3, -0.25) is 10.1 Å². The van der Waals surface area contributed by atoms with E-state index in [0.29, 0.717) is 11.3 Å². The molecule has 5 nitrogen and oxygen atoms in total. The molecule has 3 aromatic rings. The zero-order chi connectivity index (χ0) is 18.0. The van der Waals surface area contributed by atoms with Crippen LogP contribution in [0.5, 0.6) is 5.75 Å². The van der Waals surface area contributed by atoms with Crippen molar-refractivity contribution in [2.24, 2.45) is 0 Å². The fourth-order valence-corrected chi connectivity index (χ4v) is 2.66. The first-order chi connectivity index (χ1) is 12.0. The number of phenols is 1. The average Bonchev–Trinajstić information content (AvgIpc) is 2.60. The summed E-state index contributed by atoms with van der Waals surface area (Å²) in [5.41, 5.74) is 2.31. The summed E-state index contributed by atoms with van der Waals surface area (Å²) in [6.45, 7) is 3.68. The van der Waals surface area contributed by atoms with Gasteiger partial charge in [0.05, 0.1) is 5.56 Å². The Morgan fingerprint density at radius 3 is 2.36 bits per heavy atom. The Kier molecular flexibility index (Phi) is 4.39. The summed E-state index contributed by atoms with van der Waals surface area (Å²) < 4.78 is 0. The van der Waals surface area contributed by atoms with E-state index >= 15 is 0 Å². The molecule has 0 radical (unpaired) electrons. The van der Waals surface area contributed by atoms with Crippen molar-refractivity contribution in [3.05, 3.63) is 71.3 Å². The molecule has 0 unspecified atom stereocenters. The summed E-state index contributed by atoms with van der Waals surface area (Å²) in [6, 6.07) is 15.6. The molecule has 3 aromatic carbocycles. The van der Waals surface area contributed by atoms with E-state index in [1.54, 1.807) is 25.1 Å². The number of aromatic hydroxyl groups is 1. The molecule has 0 fully saturated rings. The van der Waals surface area contributed by atoms with Gasteiger partial charge >= 0.3 is 6.03 Å². The molecule has 25 heavy (non-hydrogen) atoms. The normalized spacial score (nSPS) is 10.5. The summed E-state index contributed by atoms with van der Waals surface area (Å²) >= 11 is 0. The lowest BCUT2D eigenvalue weighted by atomic mass is 10.00. The van der Waals surface area contributed by atoms with Gasteiger partial charge in [0.2, 0.25) is 0 Å². The van der Waals surface area contributed by atoms with Crippen molar-refractivity contribution in [1.82, 2.24) is 5.32 Å². The Morgan fingerprint density at radius 2 is 1.64 bits per heavy atom. The molecule has 0 spiro atoms. The highest BCUT2D eigenvalue weighted by Crippen LogP contribution is 2.30. The number of hydrogen-bond donors (Lipinski definition) is 3. The summed E-state index contributed by atoms with van der Waals surface area (Å²) in [6.07, 6.45) is 0. The zero-order valence-corrected chi connectivity index (χ0v) is 14.0. The fourth-order valence-electron chi connectivity index (χ4n) is 2.66. The molecule has 0 bridgehead atoms. The number of imide groups is 1. The maximum absolute atomic E-state index is 12.4. The molecule has 0 saturated carbocycles. The summed E-state index contributed by atoms with van der Waals surface area (Å²) in [5, 5.41) is 16.8. The van der Waals surface area contributed by atoms with Crippen LogP contribution in [0.2, 0.25) is 0 Å². The van der Waals surface area contributed by atoms with E-state index in [2.05, 4.69) is 10.6 Å². The lowest BCUT2D eigenvalue weighted by molar-refractivity contribution is 0.0964. The second-order valence-electron chi connectivity index (χ2n) is 5.89. The van der Waals surface area contributed by atoms with E-state index in [-0.39, 0.29) is 11.3 Å². The van der Waals surface area contributed by atoms with Crippen molar-refractivity contribution < 1.29 is 14.7 Å². The minimum Gasteiger partial charge on any atom is -0.507 e. The van der Waals surface area contributed by atoms with Crippen LogP contribution in [-0.2, 0) is 0 Å². The number of amides is 3. The maximum atomic E-state index is 12.4. The number of rotatable bonds is 2. The maximum Gasteiger partial charge on any atom is 0.326 e. The number of carbonyl (C=O) groups is 2. The molecular formula is C20H18N2O3. The second kappa shape index (κ2) is 6.65. The summed E-state index contributed by atoms with van der Waals surface area (Å²) in [5.74, 6) is -0.782. The minimum absolute atomic E-state index is 0.0651. The molecule has 0 aromatic heterocycles. The van der Waals surface area contributed by atoms with Gasteiger partial charge in [0.1, 0.15) is 5.75 Å². The largest absolute Gasteiger partial charge is 0.507 e. The molecule has 0 saturated heterocycles. The van der Waals surface area contributed by atoms with Crippen LogP contribution in [0.3, 0.4) is 0 Å². The number of carbonyl (C=O) groups excluding carboxylic acids is 2. The molecule has 0 aliphatic rings. The number of hydrogen-bond acceptors (Lipinski definition) is 3. The van der Waals surface area contributed by atoms with Gasteiger partial charge in [0.25, 0.3) is 5.91 Å². The van der Waals surface area contributed by atoms with Gasteiger partial charge < -0.3 is 10.4 Å². The Labute approximate surface area is 145 Å². The first-order valence-corrected chi connectivity index (χ1v) is 7.86. The van der Waals surface area contributed by atoms with Crippen molar-refractivity contribution in [2.45, 2.75) is 13.8 Å². The molecular weight excluding hydrogens is 316 g/mol. The van der Waals surface area contributed by atoms with Gasteiger partial charge in [-0.1, -0.05) is 42.0 Å². The summed E-state index contributed by atoms with van der Waals surface area (Å²) in [4.78, 5) is 24.4. The standard InChI is InChI=1S/C20H18N2O3/c1-12-7-9-15(10-8-12)21-20(25)22-19(24)17-11-14-5-3-4-6-16(14)13(2)18(17)23/h3-11,23H,1-2H3,(H2,21,22,24,25). The SMILES string of the molecule is Cc1ccc(NC(=O)NC(=O)c2cc3ccccc3c(C)c2O)cc1. The van der Waals surface area contributed by atoms with Gasteiger partial charge in [0.15, 0.2) is 0 Å². The van der Waals surface area contributed by atoms with Crippen molar-refractivity contribution in [1.29, 1.82) is 0 Å². The van der Waals surface area contributed by atoms with Crippen LogP contribution in [0.25, 0.3) is 10.8 Å². The van der Waals surface area contributed by atoms with Crippen molar-refractivity contribution in [2.75, 3.05) is 5.32 Å². The van der Waals surface area contributed by atoms with Gasteiger partial charge in [-0.15, -0.1) is 0 Å². The molecule has 0 aliphatic heterocycles. The van der Waals surface area contributed by atoms with Crippen molar-refractivity contribution in [3.63, 3.8) is 0 Å². The topological polar surface area (TPSA) is 78.4 Å². The Bertz CT molecular complexity index is 963. The number of urea groups is 1. The predicted octanol–water partition coefficient (Wildman–Crippen LogP) is 4.12. The lowest BCUT2D eigenvalue weighted by Gasteiger charge is -2.11. The smallest absolute Gasteiger partial charge is 0.326 e. The van der Waals surface area contributed by atoms with E-state index in [1.165, 1.54) is 0 Å². The molecule has 3 N–H and O–H groups in total. The highest BCUT2D eigenvalue weighted by Gasteiger charge is 2.17. The van der Waals surface area contributed by atoms with Crippen molar-refractivity contribution >= 4 is 28.4 Å². The molecule has 0 heterocycles. The van der Waals surface area contributed by atoms with E-state index in [0.717, 1.165) is 16.3 Å². The van der Waals surface area contributed by atoms with E-state index < -0.39 is 11.9 Å². The predicted molar refractivity (Wildman–Crippen MR) is 98.0 cm³/mol. The zero-order valence-electron chi connectivity index (χ0n) is 14.0. The molecule has 126 valence electrons. The highest BCUT2D eigenvalue weighted by atomic mass is 16.3. The van der Waals surface area contributed by atoms with Crippen LogP contribution >= 0.6 is 0 Å². The lowest BCUT2D eigenvalue weighted by Crippen LogP contribution is -2.34. The van der Waals surface area contributed by atoms with Crippen LogP contribution in [0.1, 0.15) is 21.5 Å². The van der Waals surface area contributed by atoms with Gasteiger partial charge in [-0.05, 0) is 48.4 Å². The Balaban J connectivity index is 1.81. The monoisotopic (exact) mass is 334 g/mol. The third-order valence-electron chi connectivity index (χ3n) is 4.06. The number of benzene rings is 3. The quantitative estimate of drug-likeness (QED) is 0.659. The first kappa shape index (κ1) is 16.5. The third-order valence-corrected chi connectivity index (χ3v) is 4.06. The van der Waals surface area contributed by atoms with Gasteiger partial charge in [-0.25, -0.2) is 4.79 Å². The molecule has 0 aliphatic carbocycles. The summed E-state index contributed by atoms with van der Waals surface area (Å²) in [7, 11) is 0. The highest BCUT2D eigenvalue weighted by molar-refractivity contribution is 6.11. The van der Waals surface area contributed by atoms with Crippen LogP contribution in [-0.4, -0.2) is 17.0 Å². The van der Waals surface area contributed by atoms with Crippen LogP contribution in [0.15, 0.2) is 54.6 Å². The number of aryl methyl sites for hydroxylation is 2. The number of fused-ring (bicyclic) bond motifs is 1. The molecule has 0 atom stereocenters. The first-order valence-electron chi connectivity index (χ1n) is 7.86. The van der Waals surface area contributed by atoms with Crippen LogP contribution in [0, 0.1) is 13.8 Å². The molecule has 3 rings (SSSR count). The molecule has 3 amide bonds. The second-order valence-corrected chi connectivity index (χ2v) is 5.89. The number of anilines is 1. The van der Waals surface area contributed by atoms with Crippen LogP contribution < -0.4 is 10.6 Å². The van der Waals surface area contributed by atoms with E-state index in [9.17, 15) is 14.7 Å². The van der Waals surface area contributed by atoms with E-state index in [1.807, 2.05) is 43.3 Å². The third kappa shape index (κ3) is 3.45. The Morgan fingerprint density at radius 1 is 0.960 bits per heavy atom. The van der Waals surface area contributed by atoms with Crippen LogP contribution in [0.4, 0.5) is 10.5 Å². The van der Waals surface area contributed by atoms with E-state index in [4.69, 9.17) is 0 Å². The minimum atomic E-state index is -0.657. The Hall–Kier alpha value is -3.34. The number of nitrogens with one attached hydrogen (secondary N) is 2. The molecule has 5 heteroatoms.